The predicted molar refractivity (Wildman–Crippen MR) is 102 cm³/mol. The van der Waals surface area contributed by atoms with Crippen molar-refractivity contribution < 1.29 is 19.1 Å². The monoisotopic (exact) mass is 374 g/mol. The van der Waals surface area contributed by atoms with Crippen molar-refractivity contribution in [1.29, 1.82) is 0 Å². The van der Waals surface area contributed by atoms with Gasteiger partial charge in [0.05, 0.1) is 7.11 Å². The molecule has 0 aromatic heterocycles. The Labute approximate surface area is 157 Å². The number of hydrogen-bond acceptors (Lipinski definition) is 5. The zero-order valence-electron chi connectivity index (χ0n) is 15.2. The van der Waals surface area contributed by atoms with E-state index in [1.54, 1.807) is 50.2 Å². The molecule has 6 nitrogen and oxygen atoms in total. The maximum Gasteiger partial charge on any atom is 0.248 e. The molecule has 0 saturated carbocycles. The number of benzene rings is 2. The number of methoxy groups -OCH3 is 1. The van der Waals surface area contributed by atoms with Gasteiger partial charge >= 0.3 is 0 Å². The van der Waals surface area contributed by atoms with Gasteiger partial charge in [-0.1, -0.05) is 0 Å². The average Bonchev–Trinajstić information content (AvgIpc) is 2.62. The molecule has 0 aliphatic rings. The Morgan fingerprint density at radius 1 is 1.15 bits per heavy atom. The highest BCUT2D eigenvalue weighted by molar-refractivity contribution is 7.98. The Morgan fingerprint density at radius 3 is 2.46 bits per heavy atom. The Morgan fingerprint density at radius 2 is 1.88 bits per heavy atom. The zero-order chi connectivity index (χ0) is 19.3. The van der Waals surface area contributed by atoms with Crippen LogP contribution in [-0.2, 0) is 11.3 Å². The molecule has 0 heterocycles. The first kappa shape index (κ1) is 19.7. The van der Waals surface area contributed by atoms with Crippen molar-refractivity contribution in [3.8, 4) is 17.2 Å². The molecule has 0 aliphatic carbocycles. The molecular formula is C19H22N2O4S. The molecule has 0 bridgehead atoms. The van der Waals surface area contributed by atoms with Gasteiger partial charge < -0.3 is 20.1 Å². The van der Waals surface area contributed by atoms with Crippen LogP contribution in [0.5, 0.6) is 17.2 Å². The van der Waals surface area contributed by atoms with Gasteiger partial charge in [-0.3, -0.25) is 9.59 Å². The van der Waals surface area contributed by atoms with Gasteiger partial charge in [0.25, 0.3) is 0 Å². The zero-order valence-corrected chi connectivity index (χ0v) is 16.1. The van der Waals surface area contributed by atoms with Crippen LogP contribution in [0.15, 0.2) is 41.3 Å². The minimum Gasteiger partial charge on any atom is -0.495 e. The van der Waals surface area contributed by atoms with Crippen molar-refractivity contribution in [2.75, 3.05) is 20.4 Å². The number of amides is 2. The summed E-state index contributed by atoms with van der Waals surface area (Å²) in [4.78, 5) is 25.6. The van der Waals surface area contributed by atoms with Gasteiger partial charge in [0, 0.05) is 42.6 Å². The fraction of sp³-hybridized carbons (Fsp3) is 0.263. The highest BCUT2D eigenvalue weighted by Gasteiger charge is 2.14. The van der Waals surface area contributed by atoms with Crippen LogP contribution in [0.3, 0.4) is 0 Å². The third kappa shape index (κ3) is 4.70. The Balaban J connectivity index is 2.38. The van der Waals surface area contributed by atoms with Gasteiger partial charge in [-0.05, 0) is 36.6 Å². The third-order valence-electron chi connectivity index (χ3n) is 3.87. The van der Waals surface area contributed by atoms with Crippen molar-refractivity contribution in [3.05, 3.63) is 47.5 Å². The average molecular weight is 374 g/mol. The molecule has 0 atom stereocenters. The van der Waals surface area contributed by atoms with E-state index in [1.165, 1.54) is 11.8 Å². The molecule has 0 radical (unpaired) electrons. The van der Waals surface area contributed by atoms with Crippen LogP contribution in [0.4, 0.5) is 0 Å². The molecule has 26 heavy (non-hydrogen) atoms. The predicted octanol–water partition coefficient (Wildman–Crippen LogP) is 3.29. The number of primary amides is 1. The number of carbonyl (C=O) groups excluding carboxylic acids is 2. The second kappa shape index (κ2) is 8.62. The molecule has 0 fully saturated rings. The minimum atomic E-state index is -0.533. The van der Waals surface area contributed by atoms with Crippen molar-refractivity contribution in [3.63, 3.8) is 0 Å². The molecule has 2 aromatic rings. The lowest BCUT2D eigenvalue weighted by Crippen LogP contribution is -2.23. The number of hydrogen-bond donors (Lipinski definition) is 1. The van der Waals surface area contributed by atoms with E-state index in [0.29, 0.717) is 34.9 Å². The fourth-order valence-corrected chi connectivity index (χ4v) is 2.88. The summed E-state index contributed by atoms with van der Waals surface area (Å²) in [5.41, 5.74) is 6.41. The van der Waals surface area contributed by atoms with Gasteiger partial charge in [-0.2, -0.15) is 0 Å². The van der Waals surface area contributed by atoms with E-state index in [-0.39, 0.29) is 5.91 Å². The van der Waals surface area contributed by atoms with Crippen molar-refractivity contribution in [1.82, 2.24) is 4.90 Å². The highest BCUT2D eigenvalue weighted by Crippen LogP contribution is 2.34. The number of carbonyl (C=O) groups is 2. The minimum absolute atomic E-state index is 0.0913. The molecule has 2 amide bonds. The summed E-state index contributed by atoms with van der Waals surface area (Å²) >= 11 is 1.58. The lowest BCUT2D eigenvalue weighted by atomic mass is 10.1. The lowest BCUT2D eigenvalue weighted by molar-refractivity contribution is -0.128. The quantitative estimate of drug-likeness (QED) is 0.752. The summed E-state index contributed by atoms with van der Waals surface area (Å²) in [6.45, 7) is 1.77. The van der Waals surface area contributed by atoms with Gasteiger partial charge in [0.1, 0.15) is 17.2 Å². The molecule has 7 heteroatoms. The number of nitrogens with zero attached hydrogens (tertiary/aromatic N) is 1. The van der Waals surface area contributed by atoms with Crippen LogP contribution in [0.25, 0.3) is 0 Å². The molecule has 0 spiro atoms. The Kier molecular flexibility index (Phi) is 6.52. The second-order valence-electron chi connectivity index (χ2n) is 5.68. The summed E-state index contributed by atoms with van der Waals surface area (Å²) in [5.74, 6) is 1.23. The van der Waals surface area contributed by atoms with Gasteiger partial charge in [0.2, 0.25) is 11.8 Å². The van der Waals surface area contributed by atoms with Crippen molar-refractivity contribution >= 4 is 23.6 Å². The first-order chi connectivity index (χ1) is 12.3. The number of nitrogens with two attached hydrogens (primary N) is 1. The van der Waals surface area contributed by atoms with E-state index >= 15 is 0 Å². The van der Waals surface area contributed by atoms with E-state index in [2.05, 4.69) is 0 Å². The lowest BCUT2D eigenvalue weighted by Gasteiger charge is -2.19. The van der Waals surface area contributed by atoms with Crippen LogP contribution in [0.2, 0.25) is 0 Å². The van der Waals surface area contributed by atoms with Crippen LogP contribution in [0.1, 0.15) is 22.8 Å². The normalized spacial score (nSPS) is 10.3. The summed E-state index contributed by atoms with van der Waals surface area (Å²) in [6, 6.07) is 10.5. The molecule has 0 aliphatic heterocycles. The van der Waals surface area contributed by atoms with E-state index < -0.39 is 5.91 Å². The molecule has 138 valence electrons. The van der Waals surface area contributed by atoms with E-state index in [1.807, 2.05) is 18.4 Å². The summed E-state index contributed by atoms with van der Waals surface area (Å²) in [5, 5.41) is 0. The number of thioether (sulfide) groups is 1. The molecule has 2 aromatic carbocycles. The van der Waals surface area contributed by atoms with Crippen LogP contribution >= 0.6 is 11.8 Å². The van der Waals surface area contributed by atoms with Crippen LogP contribution in [-0.4, -0.2) is 37.1 Å². The largest absolute Gasteiger partial charge is 0.495 e. The van der Waals surface area contributed by atoms with Crippen LogP contribution < -0.4 is 15.2 Å². The first-order valence-corrected chi connectivity index (χ1v) is 9.12. The summed E-state index contributed by atoms with van der Waals surface area (Å²) < 4.78 is 11.4. The Bertz CT molecular complexity index is 823. The maximum atomic E-state index is 11.6. The second-order valence-corrected chi connectivity index (χ2v) is 6.53. The molecule has 0 unspecified atom stereocenters. The van der Waals surface area contributed by atoms with Crippen molar-refractivity contribution in [2.45, 2.75) is 18.4 Å². The van der Waals surface area contributed by atoms with Crippen LogP contribution in [0, 0.1) is 0 Å². The topological polar surface area (TPSA) is 81.9 Å². The van der Waals surface area contributed by atoms with Gasteiger partial charge in [-0.15, -0.1) is 11.8 Å². The number of ether oxygens (including phenoxy) is 2. The van der Waals surface area contributed by atoms with E-state index in [0.717, 1.165) is 4.90 Å². The summed E-state index contributed by atoms with van der Waals surface area (Å²) in [6.07, 6.45) is 1.97. The highest BCUT2D eigenvalue weighted by atomic mass is 32.2. The summed E-state index contributed by atoms with van der Waals surface area (Å²) in [7, 11) is 3.28. The smallest absolute Gasteiger partial charge is 0.248 e. The standard InChI is InChI=1S/C19H22N2O4S/c1-12(22)21(2)11-14-9-13(19(20)23)5-7-16(14)25-15-6-8-18(26-4)17(10-15)24-3/h5-10H,11H2,1-4H3,(H2,20,23). The van der Waals surface area contributed by atoms with E-state index in [9.17, 15) is 9.59 Å². The first-order valence-electron chi connectivity index (χ1n) is 7.90. The van der Waals surface area contributed by atoms with Gasteiger partial charge in [0.15, 0.2) is 0 Å². The molecular weight excluding hydrogens is 352 g/mol. The maximum absolute atomic E-state index is 11.6. The molecule has 2 rings (SSSR count). The van der Waals surface area contributed by atoms with Crippen molar-refractivity contribution in [2.24, 2.45) is 5.73 Å². The SMILES string of the molecule is COc1cc(Oc2ccc(C(N)=O)cc2CN(C)C(C)=O)ccc1SC. The number of rotatable bonds is 7. The van der Waals surface area contributed by atoms with Gasteiger partial charge in [-0.25, -0.2) is 0 Å². The fourth-order valence-electron chi connectivity index (χ4n) is 2.33. The third-order valence-corrected chi connectivity index (χ3v) is 4.65. The Hall–Kier alpha value is -2.67. The molecule has 2 N–H and O–H groups in total. The molecule has 0 saturated heterocycles. The van der Waals surface area contributed by atoms with E-state index in [4.69, 9.17) is 15.2 Å².